The number of furan rings is 1. The van der Waals surface area contributed by atoms with Gasteiger partial charge in [-0.1, -0.05) is 6.07 Å². The van der Waals surface area contributed by atoms with E-state index in [1.165, 1.54) is 29.5 Å². The maximum absolute atomic E-state index is 12.2. The molecule has 24 heavy (non-hydrogen) atoms. The Balaban J connectivity index is 1.70. The molecule has 1 N–H and O–H groups in total. The second-order valence-corrected chi connectivity index (χ2v) is 7.70. The Bertz CT molecular complexity index is 882. The van der Waals surface area contributed by atoms with Crippen LogP contribution in [0.3, 0.4) is 0 Å². The van der Waals surface area contributed by atoms with Crippen LogP contribution in [-0.4, -0.2) is 14.4 Å². The molecule has 0 aliphatic heterocycles. The monoisotopic (exact) mass is 345 g/mol. The van der Waals surface area contributed by atoms with E-state index in [4.69, 9.17) is 4.42 Å². The third-order valence-corrected chi connectivity index (χ3v) is 5.80. The van der Waals surface area contributed by atoms with Crippen molar-refractivity contribution < 1.29 is 17.9 Å². The van der Waals surface area contributed by atoms with Gasteiger partial charge in [0.15, 0.2) is 0 Å². The van der Waals surface area contributed by atoms with E-state index in [0.717, 1.165) is 55.3 Å². The number of amidine groups is 1. The molecular formula is C17H17N2O4S-. The molecule has 0 saturated heterocycles. The van der Waals surface area contributed by atoms with Crippen LogP contribution in [0.5, 0.6) is 0 Å². The fraction of sp³-hybridized carbons (Fsp3) is 0.353. The van der Waals surface area contributed by atoms with Crippen molar-refractivity contribution in [2.45, 2.75) is 43.6 Å². The van der Waals surface area contributed by atoms with Gasteiger partial charge >= 0.3 is 10.0 Å². The molecule has 1 aromatic carbocycles. The zero-order valence-electron chi connectivity index (χ0n) is 13.0. The Morgan fingerprint density at radius 2 is 1.79 bits per heavy atom. The minimum Gasteiger partial charge on any atom is -0.845 e. The minimum absolute atomic E-state index is 0.332. The van der Waals surface area contributed by atoms with Crippen molar-refractivity contribution in [3.63, 3.8) is 0 Å². The topological polar surface area (TPSA) is 94.7 Å². The highest BCUT2D eigenvalue weighted by Crippen LogP contribution is 2.38. The van der Waals surface area contributed by atoms with Crippen molar-refractivity contribution in [3.8, 4) is 0 Å². The first-order chi connectivity index (χ1) is 11.5. The van der Waals surface area contributed by atoms with Crippen LogP contribution in [0.1, 0.15) is 35.1 Å². The summed E-state index contributed by atoms with van der Waals surface area (Å²) in [6.45, 7) is 0. The average molecular weight is 345 g/mol. The molecule has 0 saturated carbocycles. The van der Waals surface area contributed by atoms with E-state index in [2.05, 4.69) is 15.8 Å². The van der Waals surface area contributed by atoms with E-state index < -0.39 is 16.0 Å². The van der Waals surface area contributed by atoms with Crippen LogP contribution in [0, 0.1) is 0 Å². The molecule has 2 aromatic rings. The van der Waals surface area contributed by atoms with E-state index >= 15 is 0 Å². The number of sulfonamides is 1. The molecule has 0 radical (unpaired) electrons. The normalized spacial score (nSPS) is 16.9. The standard InChI is InChI=1S/C17H18N2O4S/c20-17(19-24(21,22)15-8-3-9-23-15)18-16-13-6-1-4-11(13)10-12-5-2-7-14(12)16/h3,8-10H,1-2,4-7H2,(H2,18,19,20)/p-1. The van der Waals surface area contributed by atoms with Gasteiger partial charge in [-0.2, -0.15) is 12.8 Å². The first kappa shape index (κ1) is 15.3. The van der Waals surface area contributed by atoms with Gasteiger partial charge in [0.1, 0.15) is 0 Å². The van der Waals surface area contributed by atoms with Crippen LogP contribution in [0.4, 0.5) is 5.69 Å². The van der Waals surface area contributed by atoms with Crippen molar-refractivity contribution in [3.05, 3.63) is 46.7 Å². The molecule has 0 spiro atoms. The Hall–Kier alpha value is -2.28. The van der Waals surface area contributed by atoms with Crippen molar-refractivity contribution >= 4 is 21.7 Å². The second-order valence-electron chi connectivity index (χ2n) is 6.16. The molecule has 6 nitrogen and oxygen atoms in total. The van der Waals surface area contributed by atoms with Crippen molar-refractivity contribution in [1.82, 2.24) is 0 Å². The predicted octanol–water partition coefficient (Wildman–Crippen LogP) is 1.77. The third-order valence-electron chi connectivity index (χ3n) is 4.66. The Morgan fingerprint density at radius 1 is 1.12 bits per heavy atom. The predicted molar refractivity (Wildman–Crippen MR) is 87.4 cm³/mol. The van der Waals surface area contributed by atoms with Crippen LogP contribution < -0.4 is 10.4 Å². The summed E-state index contributed by atoms with van der Waals surface area (Å²) in [5.41, 5.74) is 5.57. The van der Waals surface area contributed by atoms with Gasteiger partial charge in [0.05, 0.1) is 12.3 Å². The fourth-order valence-electron chi connectivity index (χ4n) is 3.66. The molecule has 2 aliphatic rings. The summed E-state index contributed by atoms with van der Waals surface area (Å²) in [7, 11) is -4.12. The van der Waals surface area contributed by atoms with Gasteiger partial charge in [-0.15, -0.1) is 0 Å². The largest absolute Gasteiger partial charge is 0.845 e. The van der Waals surface area contributed by atoms with E-state index in [1.54, 1.807) is 0 Å². The molecule has 0 atom stereocenters. The van der Waals surface area contributed by atoms with E-state index in [9.17, 15) is 13.5 Å². The second kappa shape index (κ2) is 5.66. The van der Waals surface area contributed by atoms with Gasteiger partial charge in [-0.05, 0) is 72.9 Å². The number of fused-ring (bicyclic) bond motifs is 2. The molecular weight excluding hydrogens is 328 g/mol. The fourth-order valence-corrected chi connectivity index (χ4v) is 4.44. The number of hydrogen-bond donors (Lipinski definition) is 1. The van der Waals surface area contributed by atoms with Gasteiger partial charge in [-0.25, -0.2) is 0 Å². The summed E-state index contributed by atoms with van der Waals surface area (Å²) in [6.07, 6.45) is 7.18. The van der Waals surface area contributed by atoms with Crippen LogP contribution in [0.2, 0.25) is 0 Å². The highest BCUT2D eigenvalue weighted by atomic mass is 32.2. The summed E-state index contributed by atoms with van der Waals surface area (Å²) in [5, 5.41) is 14.6. The maximum atomic E-state index is 12.2. The smallest absolute Gasteiger partial charge is 0.316 e. The number of nitrogens with one attached hydrogen (secondary N) is 1. The van der Waals surface area contributed by atoms with E-state index in [0.29, 0.717) is 0 Å². The summed E-state index contributed by atoms with van der Waals surface area (Å²) in [4.78, 5) is 0. The first-order valence-corrected chi connectivity index (χ1v) is 9.47. The SMILES string of the molecule is O=S(=O)(/N=C(\[O-])Nc1c2c(cc3c1CCC3)CCC2)c1ccco1. The lowest BCUT2D eigenvalue weighted by molar-refractivity contribution is -0.213. The number of aryl methyl sites for hydroxylation is 2. The lowest BCUT2D eigenvalue weighted by atomic mass is 9.99. The zero-order chi connectivity index (χ0) is 16.7. The molecule has 0 fully saturated rings. The van der Waals surface area contributed by atoms with Crippen LogP contribution >= 0.6 is 0 Å². The molecule has 0 amide bonds. The quantitative estimate of drug-likeness (QED) is 0.676. The molecule has 0 unspecified atom stereocenters. The molecule has 7 heteroatoms. The van der Waals surface area contributed by atoms with Gasteiger partial charge in [0.25, 0.3) is 0 Å². The number of anilines is 1. The highest BCUT2D eigenvalue weighted by Gasteiger charge is 2.24. The number of rotatable bonds is 3. The summed E-state index contributed by atoms with van der Waals surface area (Å²) >= 11 is 0. The molecule has 126 valence electrons. The number of hydrogen-bond acceptors (Lipinski definition) is 4. The summed E-state index contributed by atoms with van der Waals surface area (Å²) in [5.74, 6) is 0. The molecule has 0 bridgehead atoms. The van der Waals surface area contributed by atoms with Crippen molar-refractivity contribution in [1.29, 1.82) is 0 Å². The Kier molecular flexibility index (Phi) is 3.60. The number of nitrogens with zero attached hydrogens (tertiary/aromatic N) is 1. The van der Waals surface area contributed by atoms with Crippen molar-refractivity contribution in [2.24, 2.45) is 4.40 Å². The molecule has 1 heterocycles. The van der Waals surface area contributed by atoms with Gasteiger partial charge in [0.2, 0.25) is 5.09 Å². The Labute approximate surface area is 140 Å². The lowest BCUT2D eigenvalue weighted by Gasteiger charge is -2.20. The van der Waals surface area contributed by atoms with Crippen LogP contribution in [0.25, 0.3) is 0 Å². The van der Waals surface area contributed by atoms with E-state index in [1.807, 2.05) is 0 Å². The lowest BCUT2D eigenvalue weighted by Crippen LogP contribution is -2.29. The van der Waals surface area contributed by atoms with Gasteiger partial charge in [0, 0.05) is 5.69 Å². The first-order valence-electron chi connectivity index (χ1n) is 8.03. The molecule has 4 rings (SSSR count). The molecule has 2 aliphatic carbocycles. The number of benzene rings is 1. The average Bonchev–Trinajstić information content (AvgIpc) is 3.27. The Morgan fingerprint density at radius 3 is 2.38 bits per heavy atom. The minimum atomic E-state index is -4.12. The van der Waals surface area contributed by atoms with Gasteiger partial charge in [-0.3, -0.25) is 0 Å². The zero-order valence-corrected chi connectivity index (χ0v) is 13.9. The maximum Gasteiger partial charge on any atom is 0.316 e. The third kappa shape index (κ3) is 2.58. The van der Waals surface area contributed by atoms with Crippen LogP contribution in [-0.2, 0) is 35.7 Å². The summed E-state index contributed by atoms with van der Waals surface area (Å²) < 4.78 is 32.2. The van der Waals surface area contributed by atoms with Gasteiger partial charge < -0.3 is 14.8 Å². The van der Waals surface area contributed by atoms with E-state index in [-0.39, 0.29) is 5.09 Å². The summed E-state index contributed by atoms with van der Waals surface area (Å²) in [6, 6.07) is 4.08. The highest BCUT2D eigenvalue weighted by molar-refractivity contribution is 7.90. The van der Waals surface area contributed by atoms with Crippen LogP contribution in [0.15, 0.2) is 38.4 Å². The molecule has 1 aromatic heterocycles. The van der Waals surface area contributed by atoms with Crippen molar-refractivity contribution in [2.75, 3.05) is 5.32 Å².